The second-order valence-electron chi connectivity index (χ2n) is 7.68. The van der Waals surface area contributed by atoms with Crippen LogP contribution in [-0.4, -0.2) is 73.1 Å². The molecule has 0 unspecified atom stereocenters. The van der Waals surface area contributed by atoms with E-state index in [1.54, 1.807) is 19.2 Å². The maximum Gasteiger partial charge on any atom is 0.224 e. The SMILES string of the molecule is CN=C(NCCC(=O)N1CCN(c2ccc(F)cc2)CC1)N(C)Cc1cc(Cl)cn1C.I. The number of amides is 1. The van der Waals surface area contributed by atoms with Gasteiger partial charge in [0.15, 0.2) is 5.96 Å². The molecule has 7 nitrogen and oxygen atoms in total. The molecule has 2 heterocycles. The van der Waals surface area contributed by atoms with E-state index in [0.717, 1.165) is 30.4 Å². The van der Waals surface area contributed by atoms with Crippen LogP contribution in [0, 0.1) is 5.82 Å². The number of benzene rings is 1. The van der Waals surface area contributed by atoms with Gasteiger partial charge in [0, 0.05) is 77.9 Å². The first kappa shape index (κ1) is 26.2. The van der Waals surface area contributed by atoms with Crippen LogP contribution in [0.25, 0.3) is 0 Å². The van der Waals surface area contributed by atoms with E-state index in [1.807, 2.05) is 40.7 Å². The van der Waals surface area contributed by atoms with E-state index in [2.05, 4.69) is 15.2 Å². The number of aromatic nitrogens is 1. The van der Waals surface area contributed by atoms with Crippen LogP contribution in [0.2, 0.25) is 5.02 Å². The molecule has 3 rings (SSSR count). The van der Waals surface area contributed by atoms with Crippen molar-refractivity contribution >= 4 is 53.1 Å². The third-order valence-electron chi connectivity index (χ3n) is 5.49. The quantitative estimate of drug-likeness (QED) is 0.326. The predicted octanol–water partition coefficient (Wildman–Crippen LogP) is 3.18. The molecule has 0 radical (unpaired) electrons. The minimum absolute atomic E-state index is 0. The van der Waals surface area contributed by atoms with Crippen LogP contribution in [0.4, 0.5) is 10.1 Å². The average molecular weight is 577 g/mol. The summed E-state index contributed by atoms with van der Waals surface area (Å²) in [4.78, 5) is 23.0. The summed E-state index contributed by atoms with van der Waals surface area (Å²) in [6.07, 6.45) is 2.27. The molecule has 1 aromatic heterocycles. The Morgan fingerprint density at radius 3 is 2.44 bits per heavy atom. The molecule has 0 bridgehead atoms. The van der Waals surface area contributed by atoms with Gasteiger partial charge in [-0.15, -0.1) is 24.0 Å². The highest BCUT2D eigenvalue weighted by Gasteiger charge is 2.21. The van der Waals surface area contributed by atoms with Gasteiger partial charge in [-0.2, -0.15) is 0 Å². The summed E-state index contributed by atoms with van der Waals surface area (Å²) in [6, 6.07) is 8.43. The van der Waals surface area contributed by atoms with Gasteiger partial charge < -0.3 is 24.6 Å². The van der Waals surface area contributed by atoms with Crippen LogP contribution in [0.15, 0.2) is 41.5 Å². The highest BCUT2D eigenvalue weighted by atomic mass is 127. The summed E-state index contributed by atoms with van der Waals surface area (Å²) >= 11 is 6.06. The number of halogens is 3. The second-order valence-corrected chi connectivity index (χ2v) is 8.12. The van der Waals surface area contributed by atoms with Crippen LogP contribution >= 0.6 is 35.6 Å². The van der Waals surface area contributed by atoms with Crippen LogP contribution in [-0.2, 0) is 18.4 Å². The maximum atomic E-state index is 13.1. The minimum atomic E-state index is -0.238. The maximum absolute atomic E-state index is 13.1. The molecule has 0 aliphatic carbocycles. The van der Waals surface area contributed by atoms with E-state index in [1.165, 1.54) is 12.1 Å². The molecule has 176 valence electrons. The first-order valence-corrected chi connectivity index (χ1v) is 10.8. The topological polar surface area (TPSA) is 56.1 Å². The summed E-state index contributed by atoms with van der Waals surface area (Å²) in [6.45, 7) is 3.99. The number of carbonyl (C=O) groups excluding carboxylic acids is 1. The molecule has 1 fully saturated rings. The number of nitrogens with one attached hydrogen (secondary N) is 1. The van der Waals surface area contributed by atoms with E-state index < -0.39 is 0 Å². The molecule has 32 heavy (non-hydrogen) atoms. The lowest BCUT2D eigenvalue weighted by Gasteiger charge is -2.36. The number of piperazine rings is 1. The average Bonchev–Trinajstić information content (AvgIpc) is 3.08. The van der Waals surface area contributed by atoms with Gasteiger partial charge in [0.2, 0.25) is 5.91 Å². The van der Waals surface area contributed by atoms with Crippen molar-refractivity contribution < 1.29 is 9.18 Å². The normalized spacial score (nSPS) is 14.2. The zero-order valence-corrected chi connectivity index (χ0v) is 21.8. The van der Waals surface area contributed by atoms with E-state index in [9.17, 15) is 9.18 Å². The first-order valence-electron chi connectivity index (χ1n) is 10.4. The fourth-order valence-electron chi connectivity index (χ4n) is 3.73. The number of anilines is 1. The summed E-state index contributed by atoms with van der Waals surface area (Å²) < 4.78 is 15.1. The Kier molecular flexibility index (Phi) is 10.1. The van der Waals surface area contributed by atoms with Crippen molar-refractivity contribution in [1.82, 2.24) is 19.7 Å². The van der Waals surface area contributed by atoms with Crippen LogP contribution in [0.5, 0.6) is 0 Å². The van der Waals surface area contributed by atoms with Crippen molar-refractivity contribution in [2.45, 2.75) is 13.0 Å². The van der Waals surface area contributed by atoms with E-state index >= 15 is 0 Å². The fraction of sp³-hybridized carbons (Fsp3) is 0.455. The molecule has 1 N–H and O–H groups in total. The zero-order chi connectivity index (χ0) is 22.4. The van der Waals surface area contributed by atoms with Gasteiger partial charge >= 0.3 is 0 Å². The second kappa shape index (κ2) is 12.3. The summed E-state index contributed by atoms with van der Waals surface area (Å²) in [5.41, 5.74) is 2.06. The summed E-state index contributed by atoms with van der Waals surface area (Å²) in [5.74, 6) is 0.614. The Morgan fingerprint density at radius 2 is 1.88 bits per heavy atom. The minimum Gasteiger partial charge on any atom is -0.368 e. The predicted molar refractivity (Wildman–Crippen MR) is 138 cm³/mol. The van der Waals surface area contributed by atoms with Crippen molar-refractivity contribution in [1.29, 1.82) is 0 Å². The number of nitrogens with zero attached hydrogens (tertiary/aromatic N) is 5. The van der Waals surface area contributed by atoms with Gasteiger partial charge in [0.1, 0.15) is 5.82 Å². The molecule has 1 saturated heterocycles. The molecule has 1 amide bonds. The van der Waals surface area contributed by atoms with Crippen LogP contribution in [0.3, 0.4) is 0 Å². The lowest BCUT2D eigenvalue weighted by atomic mass is 10.2. The fourth-order valence-corrected chi connectivity index (χ4v) is 4.00. The molecule has 0 spiro atoms. The highest BCUT2D eigenvalue weighted by molar-refractivity contribution is 14.0. The van der Waals surface area contributed by atoms with Crippen molar-refractivity contribution in [2.75, 3.05) is 51.7 Å². The number of hydrogen-bond acceptors (Lipinski definition) is 3. The molecule has 1 aromatic carbocycles. The molecular formula is C22H31ClFIN6O. The largest absolute Gasteiger partial charge is 0.368 e. The van der Waals surface area contributed by atoms with Crippen molar-refractivity contribution in [2.24, 2.45) is 12.0 Å². The summed E-state index contributed by atoms with van der Waals surface area (Å²) in [7, 11) is 5.64. The Hall–Kier alpha value is -2.01. The van der Waals surface area contributed by atoms with Gasteiger partial charge in [-0.1, -0.05) is 11.6 Å². The summed E-state index contributed by atoms with van der Waals surface area (Å²) in [5, 5.41) is 3.97. The monoisotopic (exact) mass is 576 g/mol. The van der Waals surface area contributed by atoms with Crippen molar-refractivity contribution in [3.63, 3.8) is 0 Å². The van der Waals surface area contributed by atoms with Gasteiger partial charge in [0.25, 0.3) is 0 Å². The number of hydrogen-bond donors (Lipinski definition) is 1. The van der Waals surface area contributed by atoms with Gasteiger partial charge in [-0.25, -0.2) is 4.39 Å². The molecule has 2 aromatic rings. The lowest BCUT2D eigenvalue weighted by molar-refractivity contribution is -0.131. The standard InChI is InChI=1S/C22H30ClFN6O.HI/c1-25-22(28(3)16-20-14-17(23)15-27(20)2)26-9-8-21(31)30-12-10-29(11-13-30)19-6-4-18(24)5-7-19;/h4-7,14-15H,8-13,16H2,1-3H3,(H,25,26);1H. The molecule has 0 saturated carbocycles. The van der Waals surface area contributed by atoms with E-state index in [4.69, 9.17) is 11.6 Å². The Morgan fingerprint density at radius 1 is 1.22 bits per heavy atom. The van der Waals surface area contributed by atoms with Crippen LogP contribution in [0.1, 0.15) is 12.1 Å². The number of carbonyl (C=O) groups is 1. The smallest absolute Gasteiger partial charge is 0.224 e. The van der Waals surface area contributed by atoms with Crippen molar-refractivity contribution in [3.05, 3.63) is 53.1 Å². The number of guanidine groups is 1. The van der Waals surface area contributed by atoms with Gasteiger partial charge in [-0.05, 0) is 30.3 Å². The lowest BCUT2D eigenvalue weighted by Crippen LogP contribution is -2.49. The van der Waals surface area contributed by atoms with E-state index in [-0.39, 0.29) is 35.7 Å². The third kappa shape index (κ3) is 6.99. The molecular weight excluding hydrogens is 546 g/mol. The molecule has 1 aliphatic heterocycles. The molecule has 0 atom stereocenters. The van der Waals surface area contributed by atoms with Crippen molar-refractivity contribution in [3.8, 4) is 0 Å². The Bertz CT molecular complexity index is 912. The van der Waals surface area contributed by atoms with E-state index in [0.29, 0.717) is 37.6 Å². The number of rotatable bonds is 6. The Labute approximate surface area is 211 Å². The number of aryl methyl sites for hydroxylation is 1. The van der Waals surface area contributed by atoms with Gasteiger partial charge in [-0.3, -0.25) is 9.79 Å². The zero-order valence-electron chi connectivity index (χ0n) is 18.7. The third-order valence-corrected chi connectivity index (χ3v) is 5.70. The Balaban J connectivity index is 0.00000363. The van der Waals surface area contributed by atoms with Gasteiger partial charge in [0.05, 0.1) is 11.6 Å². The molecule has 1 aliphatic rings. The highest BCUT2D eigenvalue weighted by Crippen LogP contribution is 2.17. The first-order chi connectivity index (χ1) is 14.9. The van der Waals surface area contributed by atoms with Crippen LogP contribution < -0.4 is 10.2 Å². The number of aliphatic imine (C=N–C) groups is 1. The molecule has 10 heteroatoms.